The van der Waals surface area contributed by atoms with E-state index in [1.54, 1.807) is 36.4 Å². The topological polar surface area (TPSA) is 18.5 Å². The van der Waals surface area contributed by atoms with Crippen LogP contribution in [-0.2, 0) is 6.42 Å². The van der Waals surface area contributed by atoms with Crippen molar-refractivity contribution in [3.05, 3.63) is 72.6 Å². The molecule has 5 heteroatoms. The molecule has 0 N–H and O–H groups in total. The van der Waals surface area contributed by atoms with Crippen molar-refractivity contribution in [1.82, 2.24) is 0 Å². The molecule has 0 heterocycles. The van der Waals surface area contributed by atoms with Crippen LogP contribution < -0.4 is 9.47 Å². The molecule has 0 amide bonds. The maximum Gasteiger partial charge on any atom is 0.387 e. The molecule has 0 aromatic heterocycles. The van der Waals surface area contributed by atoms with E-state index in [-0.39, 0.29) is 17.9 Å². The SMILES string of the molecule is C=CCOc1ccc2c(F)c(-c3ccc(CCC)cc3)c(OC(F)F)cc2c1. The predicted octanol–water partition coefficient (Wildman–Crippen LogP) is 6.76. The Labute approximate surface area is 162 Å². The van der Waals surface area contributed by atoms with E-state index in [0.717, 1.165) is 18.4 Å². The van der Waals surface area contributed by atoms with Gasteiger partial charge in [0.05, 0.1) is 5.56 Å². The van der Waals surface area contributed by atoms with Crippen LogP contribution in [0.25, 0.3) is 21.9 Å². The van der Waals surface area contributed by atoms with Crippen molar-refractivity contribution in [1.29, 1.82) is 0 Å². The lowest BCUT2D eigenvalue weighted by molar-refractivity contribution is -0.0494. The van der Waals surface area contributed by atoms with Gasteiger partial charge < -0.3 is 9.47 Å². The molecule has 28 heavy (non-hydrogen) atoms. The van der Waals surface area contributed by atoms with Crippen LogP contribution >= 0.6 is 0 Å². The molecule has 0 aliphatic heterocycles. The summed E-state index contributed by atoms with van der Waals surface area (Å²) in [5, 5.41) is 0.723. The number of halogens is 3. The van der Waals surface area contributed by atoms with Crippen molar-refractivity contribution in [2.24, 2.45) is 0 Å². The Bertz CT molecular complexity index is 966. The van der Waals surface area contributed by atoms with E-state index in [1.807, 2.05) is 12.1 Å². The van der Waals surface area contributed by atoms with Gasteiger partial charge in [0.1, 0.15) is 23.9 Å². The van der Waals surface area contributed by atoms with Crippen LogP contribution in [0.15, 0.2) is 61.2 Å². The maximum absolute atomic E-state index is 15.3. The minimum atomic E-state index is -3.06. The molecule has 146 valence electrons. The molecule has 3 aromatic rings. The first kappa shape index (κ1) is 19.8. The van der Waals surface area contributed by atoms with Gasteiger partial charge >= 0.3 is 6.61 Å². The first-order valence-electron chi connectivity index (χ1n) is 9.07. The van der Waals surface area contributed by atoms with E-state index < -0.39 is 12.4 Å². The highest BCUT2D eigenvalue weighted by atomic mass is 19.3. The van der Waals surface area contributed by atoms with E-state index in [9.17, 15) is 8.78 Å². The highest BCUT2D eigenvalue weighted by Crippen LogP contribution is 2.39. The summed E-state index contributed by atoms with van der Waals surface area (Å²) in [5.41, 5.74) is 1.62. The normalized spacial score (nSPS) is 11.0. The quantitative estimate of drug-likeness (QED) is 0.398. The zero-order chi connectivity index (χ0) is 20.1. The van der Waals surface area contributed by atoms with Gasteiger partial charge in [-0.05, 0) is 47.2 Å². The number of alkyl halides is 2. The van der Waals surface area contributed by atoms with Gasteiger partial charge in [0.25, 0.3) is 0 Å². The Kier molecular flexibility index (Phi) is 6.24. The molecule has 3 rings (SSSR count). The third-order valence-electron chi connectivity index (χ3n) is 4.38. The van der Waals surface area contributed by atoms with Gasteiger partial charge in [-0.3, -0.25) is 0 Å². The summed E-state index contributed by atoms with van der Waals surface area (Å²) >= 11 is 0. The van der Waals surface area contributed by atoms with E-state index >= 15 is 4.39 Å². The van der Waals surface area contributed by atoms with Gasteiger partial charge in [-0.15, -0.1) is 0 Å². The van der Waals surface area contributed by atoms with Gasteiger partial charge in [-0.2, -0.15) is 8.78 Å². The molecule has 0 radical (unpaired) electrons. The molecule has 0 bridgehead atoms. The lowest BCUT2D eigenvalue weighted by Crippen LogP contribution is -2.05. The average molecular weight is 386 g/mol. The maximum atomic E-state index is 15.3. The number of aryl methyl sites for hydroxylation is 1. The summed E-state index contributed by atoms with van der Waals surface area (Å²) in [7, 11) is 0. The third-order valence-corrected chi connectivity index (χ3v) is 4.38. The molecule has 3 aromatic carbocycles. The van der Waals surface area contributed by atoms with Gasteiger partial charge in [0, 0.05) is 5.39 Å². The van der Waals surface area contributed by atoms with Gasteiger partial charge in [-0.1, -0.05) is 50.3 Å². The minimum absolute atomic E-state index is 0.0237. The molecular weight excluding hydrogens is 365 g/mol. The number of fused-ring (bicyclic) bond motifs is 1. The van der Waals surface area contributed by atoms with Crippen LogP contribution in [0.5, 0.6) is 11.5 Å². The lowest BCUT2D eigenvalue weighted by atomic mass is 9.97. The van der Waals surface area contributed by atoms with Crippen LogP contribution in [0.3, 0.4) is 0 Å². The number of benzene rings is 3. The van der Waals surface area contributed by atoms with Crippen LogP contribution in [0.1, 0.15) is 18.9 Å². The summed E-state index contributed by atoms with van der Waals surface area (Å²) < 4.78 is 51.4. The Morgan fingerprint density at radius 1 is 1.07 bits per heavy atom. The summed E-state index contributed by atoms with van der Waals surface area (Å²) in [5.74, 6) is -0.317. The Hall–Kier alpha value is -2.95. The summed E-state index contributed by atoms with van der Waals surface area (Å²) in [4.78, 5) is 0. The van der Waals surface area contributed by atoms with E-state index in [1.165, 1.54) is 6.07 Å². The van der Waals surface area contributed by atoms with Crippen molar-refractivity contribution in [3.63, 3.8) is 0 Å². The van der Waals surface area contributed by atoms with Crippen LogP contribution in [0.2, 0.25) is 0 Å². The summed E-state index contributed by atoms with van der Waals surface area (Å²) in [6, 6.07) is 13.4. The molecule has 0 saturated heterocycles. The fourth-order valence-corrected chi connectivity index (χ4v) is 3.15. The largest absolute Gasteiger partial charge is 0.490 e. The van der Waals surface area contributed by atoms with Crippen LogP contribution in [0.4, 0.5) is 13.2 Å². The highest BCUT2D eigenvalue weighted by Gasteiger charge is 2.19. The number of hydrogen-bond donors (Lipinski definition) is 0. The standard InChI is InChI=1S/C23H21F3O2/c1-3-5-15-6-8-16(9-7-15)21-20(28-23(25)26)14-17-13-18(27-12-4-2)10-11-19(17)22(21)24/h4,6-11,13-14,23H,2-3,5,12H2,1H3. The second-order valence-corrected chi connectivity index (χ2v) is 6.37. The molecule has 0 aliphatic rings. The molecule has 0 atom stereocenters. The number of hydrogen-bond acceptors (Lipinski definition) is 2. The summed E-state index contributed by atoms with van der Waals surface area (Å²) in [6.07, 6.45) is 3.47. The number of ether oxygens (including phenoxy) is 2. The third kappa shape index (κ3) is 4.30. The van der Waals surface area contributed by atoms with Crippen LogP contribution in [0, 0.1) is 5.82 Å². The smallest absolute Gasteiger partial charge is 0.387 e. The Morgan fingerprint density at radius 3 is 2.46 bits per heavy atom. The second kappa shape index (κ2) is 8.83. The monoisotopic (exact) mass is 386 g/mol. The van der Waals surface area contributed by atoms with Gasteiger partial charge in [0.2, 0.25) is 0 Å². The first-order chi connectivity index (χ1) is 13.5. The van der Waals surface area contributed by atoms with E-state index in [2.05, 4.69) is 18.2 Å². The molecule has 0 saturated carbocycles. The van der Waals surface area contributed by atoms with Crippen molar-refractivity contribution in [2.75, 3.05) is 6.61 Å². The van der Waals surface area contributed by atoms with Crippen molar-refractivity contribution in [2.45, 2.75) is 26.4 Å². The molecule has 0 unspecified atom stereocenters. The Morgan fingerprint density at radius 2 is 1.82 bits per heavy atom. The van der Waals surface area contributed by atoms with Crippen LogP contribution in [-0.4, -0.2) is 13.2 Å². The number of rotatable bonds is 8. The molecule has 2 nitrogen and oxygen atoms in total. The zero-order valence-electron chi connectivity index (χ0n) is 15.6. The zero-order valence-corrected chi connectivity index (χ0v) is 15.6. The highest BCUT2D eigenvalue weighted by molar-refractivity contribution is 5.92. The lowest BCUT2D eigenvalue weighted by Gasteiger charge is -2.15. The molecular formula is C23H21F3O2. The molecule has 0 spiro atoms. The van der Waals surface area contributed by atoms with Gasteiger partial charge in [-0.25, -0.2) is 4.39 Å². The fraction of sp³-hybridized carbons (Fsp3) is 0.217. The van der Waals surface area contributed by atoms with Crippen molar-refractivity contribution >= 4 is 10.8 Å². The van der Waals surface area contributed by atoms with E-state index in [4.69, 9.17) is 4.74 Å². The molecule has 0 fully saturated rings. The van der Waals surface area contributed by atoms with Crippen molar-refractivity contribution < 1.29 is 22.6 Å². The fourth-order valence-electron chi connectivity index (χ4n) is 3.15. The second-order valence-electron chi connectivity index (χ2n) is 6.37. The minimum Gasteiger partial charge on any atom is -0.490 e. The van der Waals surface area contributed by atoms with Crippen molar-refractivity contribution in [3.8, 4) is 22.6 Å². The molecule has 0 aliphatic carbocycles. The Balaban J connectivity index is 2.13. The first-order valence-corrected chi connectivity index (χ1v) is 9.07. The average Bonchev–Trinajstić information content (AvgIpc) is 2.67. The summed E-state index contributed by atoms with van der Waals surface area (Å²) in [6.45, 7) is 2.87. The van der Waals surface area contributed by atoms with E-state index in [0.29, 0.717) is 22.1 Å². The van der Waals surface area contributed by atoms with Gasteiger partial charge in [0.15, 0.2) is 0 Å². The predicted molar refractivity (Wildman–Crippen MR) is 106 cm³/mol.